The molecule has 178 valence electrons. The Bertz CT molecular complexity index is 1170. The van der Waals surface area contributed by atoms with Crippen molar-refractivity contribution in [3.8, 4) is 0 Å². The number of halogens is 3. The molecule has 1 aliphatic rings. The molecule has 2 aromatic carbocycles. The van der Waals surface area contributed by atoms with Gasteiger partial charge in [0.05, 0.1) is 15.2 Å². The fourth-order valence-electron chi connectivity index (χ4n) is 3.86. The van der Waals surface area contributed by atoms with E-state index in [0.29, 0.717) is 6.42 Å². The van der Waals surface area contributed by atoms with Gasteiger partial charge in [0.2, 0.25) is 10.0 Å². The number of nitrogens with zero attached hydrogens (tertiary/aromatic N) is 3. The van der Waals surface area contributed by atoms with Gasteiger partial charge in [-0.3, -0.25) is 4.90 Å². The molecule has 1 N–H and O–H groups in total. The minimum Gasteiger partial charge on any atom is -0.353 e. The molecule has 1 aromatic heterocycles. The number of fused-ring (bicyclic) bond motifs is 1. The van der Waals surface area contributed by atoms with E-state index in [-0.39, 0.29) is 11.4 Å². The monoisotopic (exact) mass is 498 g/mol. The first kappa shape index (κ1) is 23.9. The number of hydrogen-bond acceptors (Lipinski definition) is 6. The van der Waals surface area contributed by atoms with Crippen LogP contribution in [0.1, 0.15) is 18.4 Å². The number of rotatable bonds is 8. The predicted molar refractivity (Wildman–Crippen MR) is 124 cm³/mol. The highest BCUT2D eigenvalue weighted by atomic mass is 32.2. The molecule has 11 heteroatoms. The number of unbranched alkanes of at least 4 members (excludes halogenated alkanes) is 1. The van der Waals surface area contributed by atoms with Crippen LogP contribution in [-0.4, -0.2) is 57.0 Å². The van der Waals surface area contributed by atoms with Crippen molar-refractivity contribution < 1.29 is 21.6 Å². The molecule has 0 unspecified atom stereocenters. The van der Waals surface area contributed by atoms with Crippen molar-refractivity contribution in [3.63, 3.8) is 0 Å². The van der Waals surface area contributed by atoms with Crippen molar-refractivity contribution in [3.05, 3.63) is 54.1 Å². The summed E-state index contributed by atoms with van der Waals surface area (Å²) in [5.74, 6) is 1.05. The smallest absolute Gasteiger partial charge is 0.353 e. The van der Waals surface area contributed by atoms with E-state index < -0.39 is 21.8 Å². The lowest BCUT2D eigenvalue weighted by molar-refractivity contribution is -0.137. The highest BCUT2D eigenvalue weighted by molar-refractivity contribution is 7.89. The summed E-state index contributed by atoms with van der Waals surface area (Å²) in [6.45, 7) is 4.75. The van der Waals surface area contributed by atoms with E-state index in [1.807, 2.05) is 12.1 Å². The van der Waals surface area contributed by atoms with Gasteiger partial charge in [-0.1, -0.05) is 12.1 Å². The average Bonchev–Trinajstić information content (AvgIpc) is 3.23. The number of piperazine rings is 1. The molecule has 33 heavy (non-hydrogen) atoms. The van der Waals surface area contributed by atoms with Crippen LogP contribution >= 0.6 is 11.5 Å². The molecule has 0 saturated carbocycles. The van der Waals surface area contributed by atoms with Gasteiger partial charge in [-0.25, -0.2) is 13.1 Å². The Morgan fingerprint density at radius 2 is 1.67 bits per heavy atom. The zero-order valence-corrected chi connectivity index (χ0v) is 19.5. The van der Waals surface area contributed by atoms with Crippen LogP contribution < -0.4 is 9.62 Å². The third-order valence-electron chi connectivity index (χ3n) is 5.72. The van der Waals surface area contributed by atoms with Crippen LogP contribution in [0.5, 0.6) is 0 Å². The summed E-state index contributed by atoms with van der Waals surface area (Å²) in [5, 5.41) is 1.19. The van der Waals surface area contributed by atoms with Crippen molar-refractivity contribution >= 4 is 37.5 Å². The number of nitrogens with one attached hydrogen (secondary N) is 1. The second kappa shape index (κ2) is 9.96. The third-order valence-corrected chi connectivity index (χ3v) is 8.01. The molecular weight excluding hydrogens is 473 g/mol. The van der Waals surface area contributed by atoms with E-state index in [1.165, 1.54) is 21.6 Å². The summed E-state index contributed by atoms with van der Waals surface area (Å²) >= 11 is 1.52. The number of alkyl halides is 3. The van der Waals surface area contributed by atoms with Crippen molar-refractivity contribution in [1.29, 1.82) is 0 Å². The molecule has 0 spiro atoms. The zero-order chi connectivity index (χ0) is 23.5. The summed E-state index contributed by atoms with van der Waals surface area (Å²) in [7, 11) is -3.82. The van der Waals surface area contributed by atoms with Gasteiger partial charge < -0.3 is 4.90 Å². The second-order valence-electron chi connectivity index (χ2n) is 7.96. The van der Waals surface area contributed by atoms with E-state index in [9.17, 15) is 21.6 Å². The van der Waals surface area contributed by atoms with Crippen LogP contribution in [0.25, 0.3) is 10.1 Å². The fraction of sp³-hybridized carbons (Fsp3) is 0.409. The summed E-state index contributed by atoms with van der Waals surface area (Å²) in [6.07, 6.45) is -3.01. The molecule has 0 atom stereocenters. The topological polar surface area (TPSA) is 65.5 Å². The summed E-state index contributed by atoms with van der Waals surface area (Å²) in [4.78, 5) is 4.50. The molecule has 2 heterocycles. The molecular formula is C22H25F3N4O2S2. The lowest BCUT2D eigenvalue weighted by atomic mass is 10.2. The van der Waals surface area contributed by atoms with E-state index in [1.54, 1.807) is 0 Å². The second-order valence-corrected chi connectivity index (χ2v) is 10.5. The maximum atomic E-state index is 12.6. The van der Waals surface area contributed by atoms with Gasteiger partial charge >= 0.3 is 6.18 Å². The summed E-state index contributed by atoms with van der Waals surface area (Å²) in [6, 6.07) is 11.8. The maximum Gasteiger partial charge on any atom is 0.416 e. The molecule has 0 radical (unpaired) electrons. The number of aromatic nitrogens is 1. The van der Waals surface area contributed by atoms with E-state index in [4.69, 9.17) is 0 Å². The first-order valence-electron chi connectivity index (χ1n) is 10.7. The Labute approximate surface area is 195 Å². The fourth-order valence-corrected chi connectivity index (χ4v) is 5.73. The quantitative estimate of drug-likeness (QED) is 0.472. The van der Waals surface area contributed by atoms with Gasteiger partial charge in [0.25, 0.3) is 0 Å². The van der Waals surface area contributed by atoms with Crippen molar-refractivity contribution in [2.45, 2.75) is 23.9 Å². The van der Waals surface area contributed by atoms with E-state index >= 15 is 0 Å². The first-order valence-corrected chi connectivity index (χ1v) is 13.0. The maximum absolute atomic E-state index is 12.6. The highest BCUT2D eigenvalue weighted by Gasteiger charge is 2.30. The molecule has 1 aliphatic heterocycles. The Kier molecular flexibility index (Phi) is 7.22. The summed E-state index contributed by atoms with van der Waals surface area (Å²) in [5.41, 5.74) is -0.871. The molecule has 6 nitrogen and oxygen atoms in total. The molecule has 1 fully saturated rings. The predicted octanol–water partition coefficient (Wildman–Crippen LogP) is 4.20. The molecule has 0 bridgehead atoms. The Hall–Kier alpha value is -2.21. The molecule has 3 aromatic rings. The summed E-state index contributed by atoms with van der Waals surface area (Å²) < 4.78 is 70.8. The average molecular weight is 499 g/mol. The van der Waals surface area contributed by atoms with Crippen molar-refractivity contribution in [1.82, 2.24) is 14.0 Å². The minimum absolute atomic E-state index is 0.166. The van der Waals surface area contributed by atoms with Crippen LogP contribution in [0, 0.1) is 0 Å². The number of anilines is 1. The SMILES string of the molecule is O=S(=O)(NCCCCN1CCN(c2nsc3ccccc23)CC1)c1ccc(C(F)(F)F)cc1. The van der Waals surface area contributed by atoms with Gasteiger partial charge in [0.1, 0.15) is 5.82 Å². The molecule has 1 saturated heterocycles. The van der Waals surface area contributed by atoms with Gasteiger partial charge in [-0.05, 0) is 67.3 Å². The third kappa shape index (κ3) is 5.84. The van der Waals surface area contributed by atoms with Gasteiger partial charge in [0, 0.05) is 38.1 Å². The Morgan fingerprint density at radius 3 is 2.36 bits per heavy atom. The molecule has 4 rings (SSSR count). The number of hydrogen-bond donors (Lipinski definition) is 1. The van der Waals surface area contributed by atoms with Crippen molar-refractivity contribution in [2.24, 2.45) is 0 Å². The van der Waals surface area contributed by atoms with Crippen molar-refractivity contribution in [2.75, 3.05) is 44.2 Å². The normalized spacial score (nSPS) is 15.9. The largest absolute Gasteiger partial charge is 0.416 e. The van der Waals surface area contributed by atoms with Crippen LogP contribution in [0.2, 0.25) is 0 Å². The molecule has 0 aliphatic carbocycles. The Morgan fingerprint density at radius 1 is 0.970 bits per heavy atom. The molecule has 0 amide bonds. The van der Waals surface area contributed by atoms with Gasteiger partial charge in [-0.15, -0.1) is 0 Å². The highest BCUT2D eigenvalue weighted by Crippen LogP contribution is 2.30. The van der Waals surface area contributed by atoms with E-state index in [2.05, 4.69) is 31.0 Å². The van der Waals surface area contributed by atoms with Crippen LogP contribution in [0.4, 0.5) is 19.0 Å². The lowest BCUT2D eigenvalue weighted by Gasteiger charge is -2.35. The standard InChI is InChI=1S/C22H25F3N4O2S2/c23-22(24,25)17-7-9-18(10-8-17)33(30,31)26-11-3-4-12-28-13-15-29(16-14-28)21-19-5-1-2-6-20(19)32-27-21/h1-2,5-10,26H,3-4,11-16H2. The van der Waals surface area contributed by atoms with Crippen LogP contribution in [0.3, 0.4) is 0 Å². The first-order chi connectivity index (χ1) is 15.7. The number of benzene rings is 2. The van der Waals surface area contributed by atoms with Crippen LogP contribution in [0.15, 0.2) is 53.4 Å². The number of sulfonamides is 1. The van der Waals surface area contributed by atoms with Gasteiger partial charge in [0.15, 0.2) is 0 Å². The lowest BCUT2D eigenvalue weighted by Crippen LogP contribution is -2.46. The van der Waals surface area contributed by atoms with E-state index in [0.717, 1.165) is 69.2 Å². The zero-order valence-electron chi connectivity index (χ0n) is 17.9. The Balaban J connectivity index is 1.18. The van der Waals surface area contributed by atoms with Crippen LogP contribution in [-0.2, 0) is 16.2 Å². The van der Waals surface area contributed by atoms with Gasteiger partial charge in [-0.2, -0.15) is 17.5 Å². The minimum atomic E-state index is -4.49.